The van der Waals surface area contributed by atoms with E-state index in [1.54, 1.807) is 4.31 Å². The average molecular weight is 290 g/mol. The molecule has 0 bridgehead atoms. The first kappa shape index (κ1) is 14.7. The Balaban J connectivity index is 2.12. The van der Waals surface area contributed by atoms with E-state index in [1.165, 1.54) is 4.31 Å². The number of hydrogen-bond donors (Lipinski definition) is 1. The number of piperidine rings is 2. The minimum atomic E-state index is -3.50. The number of rotatable bonds is 3. The molecule has 0 aromatic carbocycles. The van der Waals surface area contributed by atoms with Gasteiger partial charge in [-0.1, -0.05) is 6.42 Å². The van der Waals surface area contributed by atoms with Crippen molar-refractivity contribution in [2.24, 2.45) is 5.92 Å². The van der Waals surface area contributed by atoms with Gasteiger partial charge in [0.2, 0.25) is 0 Å². The molecule has 0 aliphatic carbocycles. The number of hydrogen-bond acceptors (Lipinski definition) is 3. The lowest BCUT2D eigenvalue weighted by Gasteiger charge is -2.38. The molecule has 0 saturated carbocycles. The number of nitrogens with zero attached hydrogens (tertiary/aromatic N) is 2. The minimum Gasteiger partial charge on any atom is -0.481 e. The van der Waals surface area contributed by atoms with E-state index in [0.29, 0.717) is 25.9 Å². The van der Waals surface area contributed by atoms with Crippen LogP contribution in [0.2, 0.25) is 0 Å². The van der Waals surface area contributed by atoms with Crippen molar-refractivity contribution in [1.82, 2.24) is 8.61 Å². The summed E-state index contributed by atoms with van der Waals surface area (Å²) in [4.78, 5) is 11.0. The molecule has 1 N–H and O–H groups in total. The molecule has 0 aromatic heterocycles. The highest BCUT2D eigenvalue weighted by Gasteiger charge is 2.38. The van der Waals surface area contributed by atoms with Gasteiger partial charge in [0.25, 0.3) is 10.2 Å². The van der Waals surface area contributed by atoms with Crippen molar-refractivity contribution < 1.29 is 18.3 Å². The normalized spacial score (nSPS) is 31.2. The van der Waals surface area contributed by atoms with E-state index in [-0.39, 0.29) is 12.6 Å². The SMILES string of the molecule is CC1CCCCN1S(=O)(=O)N1CCCC(C(=O)O)C1. The Morgan fingerprint density at radius 3 is 2.53 bits per heavy atom. The zero-order valence-corrected chi connectivity index (χ0v) is 12.1. The van der Waals surface area contributed by atoms with Gasteiger partial charge in [-0.15, -0.1) is 0 Å². The summed E-state index contributed by atoms with van der Waals surface area (Å²) in [6, 6.07) is 0.0176. The van der Waals surface area contributed by atoms with Crippen LogP contribution in [0.25, 0.3) is 0 Å². The molecule has 2 heterocycles. The van der Waals surface area contributed by atoms with Gasteiger partial charge in [-0.2, -0.15) is 17.0 Å². The zero-order chi connectivity index (χ0) is 14.0. The first-order valence-corrected chi connectivity index (χ1v) is 8.32. The second kappa shape index (κ2) is 5.76. The molecule has 2 rings (SSSR count). The van der Waals surface area contributed by atoms with Gasteiger partial charge in [0.05, 0.1) is 5.92 Å². The zero-order valence-electron chi connectivity index (χ0n) is 11.3. The molecule has 0 aromatic rings. The van der Waals surface area contributed by atoms with E-state index in [9.17, 15) is 13.2 Å². The Kier molecular flexibility index (Phi) is 4.47. The highest BCUT2D eigenvalue weighted by Crippen LogP contribution is 2.26. The summed E-state index contributed by atoms with van der Waals surface area (Å²) in [6.07, 6.45) is 4.02. The van der Waals surface area contributed by atoms with Crippen LogP contribution in [-0.4, -0.2) is 53.8 Å². The summed E-state index contributed by atoms with van der Waals surface area (Å²) in [5.41, 5.74) is 0. The third-order valence-electron chi connectivity index (χ3n) is 4.10. The fraction of sp³-hybridized carbons (Fsp3) is 0.917. The van der Waals surface area contributed by atoms with E-state index in [0.717, 1.165) is 19.3 Å². The minimum absolute atomic E-state index is 0.0176. The van der Waals surface area contributed by atoms with E-state index < -0.39 is 22.1 Å². The second-order valence-electron chi connectivity index (χ2n) is 5.50. The van der Waals surface area contributed by atoms with Gasteiger partial charge in [-0.25, -0.2) is 0 Å². The molecule has 2 saturated heterocycles. The molecule has 2 unspecified atom stereocenters. The van der Waals surface area contributed by atoms with Crippen molar-refractivity contribution in [3.63, 3.8) is 0 Å². The summed E-state index contributed by atoms with van der Waals surface area (Å²) < 4.78 is 28.1. The summed E-state index contributed by atoms with van der Waals surface area (Å²) in [6.45, 7) is 3.03. The molecule has 0 spiro atoms. The van der Waals surface area contributed by atoms with Gasteiger partial charge in [-0.05, 0) is 32.6 Å². The molecule has 2 atom stereocenters. The summed E-state index contributed by atoms with van der Waals surface area (Å²) in [5, 5.41) is 9.05. The molecule has 6 nitrogen and oxygen atoms in total. The first-order chi connectivity index (χ1) is 8.93. The lowest BCUT2D eigenvalue weighted by molar-refractivity contribution is -0.142. The Morgan fingerprint density at radius 1 is 1.16 bits per heavy atom. The van der Waals surface area contributed by atoms with Crippen molar-refractivity contribution in [2.75, 3.05) is 19.6 Å². The maximum absolute atomic E-state index is 12.6. The Morgan fingerprint density at radius 2 is 1.89 bits per heavy atom. The maximum Gasteiger partial charge on any atom is 0.307 e. The Hall–Kier alpha value is -0.660. The smallest absolute Gasteiger partial charge is 0.307 e. The lowest BCUT2D eigenvalue weighted by Crippen LogP contribution is -2.52. The molecule has 0 radical (unpaired) electrons. The molecule has 2 aliphatic heterocycles. The van der Waals surface area contributed by atoms with Crippen LogP contribution in [0.5, 0.6) is 0 Å². The largest absolute Gasteiger partial charge is 0.481 e. The molecule has 110 valence electrons. The van der Waals surface area contributed by atoms with Gasteiger partial charge in [-0.3, -0.25) is 4.79 Å². The molecule has 19 heavy (non-hydrogen) atoms. The van der Waals surface area contributed by atoms with E-state index in [2.05, 4.69) is 0 Å². The highest BCUT2D eigenvalue weighted by molar-refractivity contribution is 7.86. The summed E-state index contributed by atoms with van der Waals surface area (Å²) >= 11 is 0. The van der Waals surface area contributed by atoms with Crippen LogP contribution >= 0.6 is 0 Å². The predicted molar refractivity (Wildman–Crippen MR) is 70.9 cm³/mol. The fourth-order valence-electron chi connectivity index (χ4n) is 2.92. The third kappa shape index (κ3) is 3.09. The van der Waals surface area contributed by atoms with Gasteiger partial charge >= 0.3 is 5.97 Å². The molecular formula is C12H22N2O4S. The fourth-order valence-corrected chi connectivity index (χ4v) is 4.86. The standard InChI is InChI=1S/C12H22N2O4S/c1-10-5-2-3-8-14(10)19(17,18)13-7-4-6-11(9-13)12(15)16/h10-11H,2-9H2,1H3,(H,15,16). The maximum atomic E-state index is 12.6. The average Bonchev–Trinajstić information content (AvgIpc) is 2.39. The van der Waals surface area contributed by atoms with Gasteiger partial charge < -0.3 is 5.11 Å². The van der Waals surface area contributed by atoms with E-state index in [1.807, 2.05) is 6.92 Å². The number of aliphatic carboxylic acids is 1. The van der Waals surface area contributed by atoms with Gasteiger partial charge in [0, 0.05) is 25.7 Å². The molecule has 2 fully saturated rings. The van der Waals surface area contributed by atoms with Crippen LogP contribution in [0.3, 0.4) is 0 Å². The van der Waals surface area contributed by atoms with Gasteiger partial charge in [0.15, 0.2) is 0 Å². The molecule has 0 amide bonds. The quantitative estimate of drug-likeness (QED) is 0.838. The predicted octanol–water partition coefficient (Wildman–Crippen LogP) is 0.902. The van der Waals surface area contributed by atoms with Crippen LogP contribution < -0.4 is 0 Å². The first-order valence-electron chi connectivity index (χ1n) is 6.92. The summed E-state index contributed by atoms with van der Waals surface area (Å²) in [7, 11) is -3.50. The summed E-state index contributed by atoms with van der Waals surface area (Å²) in [5.74, 6) is -1.46. The number of carboxylic acid groups (broad SMARTS) is 1. The van der Waals surface area contributed by atoms with E-state index >= 15 is 0 Å². The number of carbonyl (C=O) groups is 1. The molecular weight excluding hydrogens is 268 g/mol. The Bertz CT molecular complexity index is 437. The van der Waals surface area contributed by atoms with Crippen LogP contribution in [0.4, 0.5) is 0 Å². The molecule has 2 aliphatic rings. The van der Waals surface area contributed by atoms with Crippen LogP contribution in [-0.2, 0) is 15.0 Å². The van der Waals surface area contributed by atoms with Crippen LogP contribution in [0, 0.1) is 5.92 Å². The van der Waals surface area contributed by atoms with Crippen molar-refractivity contribution in [3.05, 3.63) is 0 Å². The van der Waals surface area contributed by atoms with Crippen molar-refractivity contribution in [2.45, 2.75) is 45.1 Å². The van der Waals surface area contributed by atoms with Crippen LogP contribution in [0.15, 0.2) is 0 Å². The Labute approximate surface area is 114 Å². The third-order valence-corrected chi connectivity index (χ3v) is 6.22. The molecule has 7 heteroatoms. The highest BCUT2D eigenvalue weighted by atomic mass is 32.2. The van der Waals surface area contributed by atoms with Crippen molar-refractivity contribution in [1.29, 1.82) is 0 Å². The monoisotopic (exact) mass is 290 g/mol. The van der Waals surface area contributed by atoms with Crippen molar-refractivity contribution in [3.8, 4) is 0 Å². The van der Waals surface area contributed by atoms with Crippen LogP contribution in [0.1, 0.15) is 39.0 Å². The lowest BCUT2D eigenvalue weighted by atomic mass is 10.0. The van der Waals surface area contributed by atoms with Crippen molar-refractivity contribution >= 4 is 16.2 Å². The van der Waals surface area contributed by atoms with Gasteiger partial charge in [0.1, 0.15) is 0 Å². The van der Waals surface area contributed by atoms with E-state index in [4.69, 9.17) is 5.11 Å². The topological polar surface area (TPSA) is 77.9 Å². The number of carboxylic acids is 1. The second-order valence-corrected chi connectivity index (χ2v) is 7.38.